The first-order valence-electron chi connectivity index (χ1n) is 10.9. The van der Waals surface area contributed by atoms with Crippen molar-refractivity contribution in [3.05, 3.63) is 0 Å². The van der Waals surface area contributed by atoms with Gasteiger partial charge in [-0.1, -0.05) is 0 Å². The molecule has 0 rings (SSSR count). The fraction of sp³-hybridized carbons (Fsp3) is 0.667. The maximum absolute atomic E-state index is 11.2. The summed E-state index contributed by atoms with van der Waals surface area (Å²) >= 11 is 48.7. The second-order valence-electron chi connectivity index (χ2n) is 6.92. The summed E-state index contributed by atoms with van der Waals surface area (Å²) in [7, 11) is 0. The van der Waals surface area contributed by atoms with Crippen molar-refractivity contribution in [3.8, 4) is 0 Å². The Bertz CT molecular complexity index is 885. The van der Waals surface area contributed by atoms with E-state index in [4.69, 9.17) is 0 Å². The molecular formula is C18H12F18O6S12U-3. The average Bonchev–Trinajstić information content (AvgIpc) is 2.90. The summed E-state index contributed by atoms with van der Waals surface area (Å²) in [6.45, 7) is -8.36. The van der Waals surface area contributed by atoms with E-state index in [1.165, 1.54) is 0 Å². The van der Waals surface area contributed by atoms with Crippen LogP contribution in [-0.2, 0) is 104 Å². The summed E-state index contributed by atoms with van der Waals surface area (Å²) in [5, 5.41) is 0. The van der Waals surface area contributed by atoms with E-state index in [0.717, 1.165) is 0 Å². The van der Waals surface area contributed by atoms with Gasteiger partial charge in [0, 0.05) is 26.3 Å². The van der Waals surface area contributed by atoms with E-state index in [1.807, 2.05) is 0 Å². The van der Waals surface area contributed by atoms with Gasteiger partial charge in [0.25, 0.3) is 0 Å². The average molecular weight is 1290 g/mol. The van der Waals surface area contributed by atoms with E-state index in [-0.39, 0.29) is 31.1 Å². The van der Waals surface area contributed by atoms with E-state index in [2.05, 4.69) is 178 Å². The molecule has 0 spiro atoms. The predicted molar refractivity (Wildman–Crippen MR) is 192 cm³/mol. The topological polar surface area (TPSA) is 55.4 Å². The molecule has 0 saturated heterocycles. The van der Waals surface area contributed by atoms with Crippen molar-refractivity contribution in [3.63, 3.8) is 0 Å². The first-order chi connectivity index (χ1) is 23.5. The number of hydrogen-bond donors (Lipinski definition) is 0. The van der Waals surface area contributed by atoms with Crippen LogP contribution in [0.2, 0.25) is 0 Å². The monoisotopic (exact) mass is 1290 g/mol. The Balaban J connectivity index is -0.000000100. The van der Waals surface area contributed by atoms with Gasteiger partial charge >= 0.3 is 68.2 Å². The van der Waals surface area contributed by atoms with Crippen molar-refractivity contribution < 1.29 is 139 Å². The van der Waals surface area contributed by atoms with Gasteiger partial charge in [0.15, 0.2) is 39.6 Å². The fourth-order valence-electron chi connectivity index (χ4n) is 0.845. The Kier molecular flexibility index (Phi) is 44.9. The van der Waals surface area contributed by atoms with Crippen LogP contribution in [0.3, 0.4) is 0 Å². The molecule has 0 aliphatic rings. The zero-order valence-corrected chi connectivity index (χ0v) is 38.9. The first-order valence-corrected chi connectivity index (χ1v) is 15.8. The third kappa shape index (κ3) is 113. The molecule has 0 aromatic rings. The normalized spacial score (nSPS) is 10.8. The van der Waals surface area contributed by atoms with Gasteiger partial charge in [-0.25, -0.2) is 0 Å². The minimum atomic E-state index is -4.34. The molecule has 0 atom stereocenters. The minimum absolute atomic E-state index is 0. The summed E-state index contributed by atoms with van der Waals surface area (Å²) in [5.41, 5.74) is 0. The van der Waals surface area contributed by atoms with Crippen molar-refractivity contribution in [2.45, 2.75) is 37.1 Å². The third-order valence-electron chi connectivity index (χ3n) is 2.12. The first kappa shape index (κ1) is 70.0. The van der Waals surface area contributed by atoms with Gasteiger partial charge in [-0.2, -0.15) is 79.0 Å². The van der Waals surface area contributed by atoms with Crippen LogP contribution >= 0.6 is 73.3 Å². The Morgan fingerprint density at radius 1 is 0.273 bits per heavy atom. The zero-order valence-electron chi connectivity index (χ0n) is 24.9. The molecule has 37 heteroatoms. The molecule has 0 amide bonds. The molecule has 0 aliphatic heterocycles. The van der Waals surface area contributed by atoms with E-state index in [0.29, 0.717) is 0 Å². The number of ether oxygens (including phenoxy) is 6. The Morgan fingerprint density at radius 3 is 0.364 bits per heavy atom. The molecule has 0 heterocycles. The second kappa shape index (κ2) is 35.2. The zero-order chi connectivity index (χ0) is 44.9. The third-order valence-corrected chi connectivity index (χ3v) is 3.54. The maximum Gasteiger partial charge on any atom is 3.00 e. The van der Waals surface area contributed by atoms with E-state index < -0.39 is 103 Å². The van der Waals surface area contributed by atoms with Crippen LogP contribution in [0.15, 0.2) is 0 Å². The van der Waals surface area contributed by atoms with E-state index in [1.54, 1.807) is 0 Å². The quantitative estimate of drug-likeness (QED) is 0.145. The molecule has 0 aliphatic carbocycles. The summed E-state index contributed by atoms with van der Waals surface area (Å²) in [5.74, 6) is 0. The van der Waals surface area contributed by atoms with Gasteiger partial charge < -0.3 is 178 Å². The minimum Gasteiger partial charge on any atom is -0.504 e. The molecule has 6 nitrogen and oxygen atoms in total. The van der Waals surface area contributed by atoms with Gasteiger partial charge in [-0.15, -0.1) is 0 Å². The summed E-state index contributed by atoms with van der Waals surface area (Å²) in [6, 6.07) is 0. The van der Waals surface area contributed by atoms with Crippen LogP contribution in [0, 0.1) is 31.1 Å². The number of rotatable bonds is 6. The molecule has 1 radical (unpaired) electrons. The Hall–Kier alpha value is 0.452. The molecule has 0 bridgehead atoms. The van der Waals surface area contributed by atoms with Crippen LogP contribution in [0.1, 0.15) is 0 Å². The largest absolute Gasteiger partial charge is 3.00 e. The van der Waals surface area contributed by atoms with Crippen molar-refractivity contribution in [1.29, 1.82) is 0 Å². The van der Waals surface area contributed by atoms with Crippen molar-refractivity contribution in [2.24, 2.45) is 0 Å². The SMILES string of the molecule is FC(F)(F)COC(=S)[S-].FC(F)(F)COC(=S)[S-].FC(F)(F)COC(=S)[S-].FC(F)(F)COC(=S)[S-].FC(F)(F)COC(=S)[S-].FC(F)(F)COC(=S)[S-].[U+3]. The smallest absolute Gasteiger partial charge is 0.504 e. The van der Waals surface area contributed by atoms with Crippen LogP contribution < -0.4 is 0 Å². The Labute approximate surface area is 387 Å². The summed E-state index contributed by atoms with van der Waals surface area (Å²) < 4.78 is 221. The van der Waals surface area contributed by atoms with E-state index in [9.17, 15) is 79.0 Å². The molecule has 0 aromatic heterocycles. The number of thiocarbonyl (C=S) groups is 6. The molecule has 325 valence electrons. The predicted octanol–water partition coefficient (Wildman–Crippen LogP) is 8.38. The van der Waals surface area contributed by atoms with Crippen molar-refractivity contribution in [1.82, 2.24) is 0 Å². The molecule has 0 aromatic carbocycles. The molecule has 0 unspecified atom stereocenters. The van der Waals surface area contributed by atoms with Gasteiger partial charge in [-0.05, 0) is 0 Å². The number of hydrogen-bond acceptors (Lipinski definition) is 18. The molecule has 0 fully saturated rings. The maximum atomic E-state index is 11.2. The van der Waals surface area contributed by atoms with Crippen molar-refractivity contribution >= 4 is 175 Å². The molecule has 0 saturated carbocycles. The number of halogens is 18. The van der Waals surface area contributed by atoms with Gasteiger partial charge in [0.1, 0.15) is 0 Å². The molecule has 55 heavy (non-hydrogen) atoms. The summed E-state index contributed by atoms with van der Waals surface area (Å²) in [6.07, 6.45) is -26.1. The number of alkyl halides is 18. The van der Waals surface area contributed by atoms with Crippen LogP contribution in [0.5, 0.6) is 0 Å². The Morgan fingerprint density at radius 2 is 0.345 bits per heavy atom. The van der Waals surface area contributed by atoms with Gasteiger partial charge in [-0.3, -0.25) is 0 Å². The van der Waals surface area contributed by atoms with Crippen LogP contribution in [0.25, 0.3) is 0 Å². The van der Waals surface area contributed by atoms with Crippen LogP contribution in [0.4, 0.5) is 79.0 Å². The fourth-order valence-corrected chi connectivity index (χ4v) is 1.55. The van der Waals surface area contributed by atoms with Gasteiger partial charge in [0.05, 0.1) is 0 Å². The van der Waals surface area contributed by atoms with Crippen LogP contribution in [-0.4, -0.2) is 103 Å². The second-order valence-corrected chi connectivity index (χ2v) is 12.9. The van der Waals surface area contributed by atoms with Crippen molar-refractivity contribution in [2.75, 3.05) is 39.6 Å². The summed E-state index contributed by atoms with van der Waals surface area (Å²) in [4.78, 5) is 0. The molecule has 0 N–H and O–H groups in total. The van der Waals surface area contributed by atoms with Gasteiger partial charge in [0.2, 0.25) is 0 Å². The standard InChI is InChI=1S/6C3H3F3OS2.U/c6*4-3(5,6)1-7-2(8)9;/h6*1H2,(H,8,9);/q;;;;;;+3/p-6. The molecular weight excluding hydrogens is 1280 g/mol. The van der Waals surface area contributed by atoms with E-state index >= 15 is 0 Å².